The first kappa shape index (κ1) is 48.0. The molecule has 0 saturated carbocycles. The maximum absolute atomic E-state index is 14.8. The number of alkyl halides is 1. The number of imide groups is 1. The van der Waals surface area contributed by atoms with Crippen LogP contribution in [0.3, 0.4) is 0 Å². The molecular weight excluding hydrogens is 888 g/mol. The van der Waals surface area contributed by atoms with Crippen molar-refractivity contribution in [2.45, 2.75) is 120 Å². The van der Waals surface area contributed by atoms with Crippen LogP contribution >= 0.6 is 46.4 Å². The van der Waals surface area contributed by atoms with Crippen molar-refractivity contribution >= 4 is 85.5 Å². The van der Waals surface area contributed by atoms with Crippen LogP contribution in [-0.2, 0) is 19.7 Å². The molecule has 61 heavy (non-hydrogen) atoms. The van der Waals surface area contributed by atoms with Crippen molar-refractivity contribution in [2.75, 3.05) is 5.01 Å². The number of hydrazine groups is 1. The zero-order valence-electron chi connectivity index (χ0n) is 34.2. The summed E-state index contributed by atoms with van der Waals surface area (Å²) in [6.07, 6.45) is 14.7. The molecule has 0 radical (unpaired) electrons. The Morgan fingerprint density at radius 2 is 1.43 bits per heavy atom. The van der Waals surface area contributed by atoms with Crippen molar-refractivity contribution < 1.29 is 27.1 Å². The number of nitrogens with one attached hydrogen (secondary N) is 1. The number of aromatic amines is 1. The molecule has 3 unspecified atom stereocenters. The summed E-state index contributed by atoms with van der Waals surface area (Å²) >= 11 is 25.7. The van der Waals surface area contributed by atoms with Gasteiger partial charge >= 0.3 is 15.7 Å². The van der Waals surface area contributed by atoms with Crippen LogP contribution in [0, 0.1) is 22.0 Å². The van der Waals surface area contributed by atoms with Crippen molar-refractivity contribution in [1.82, 2.24) is 14.8 Å². The number of hydrogen-bond donors (Lipinski definition) is 1. The third-order valence-electron chi connectivity index (χ3n) is 10.8. The number of carbonyl (C=O) groups is 2. The molecule has 18 heteroatoms. The van der Waals surface area contributed by atoms with E-state index < -0.39 is 54.8 Å². The predicted octanol–water partition coefficient (Wildman–Crippen LogP) is 12.0. The number of para-hydroxylation sites is 1. The second kappa shape index (κ2) is 22.3. The van der Waals surface area contributed by atoms with Gasteiger partial charge in [0, 0.05) is 29.0 Å². The maximum Gasteiger partial charge on any atom is 0.339 e. The molecule has 5 rings (SSSR count). The molecule has 1 aliphatic heterocycles. The fourth-order valence-electron chi connectivity index (χ4n) is 7.62. The molecule has 2 amide bonds. The Balaban J connectivity index is 1.51. The summed E-state index contributed by atoms with van der Waals surface area (Å²) in [7, 11) is -4.90. The molecule has 13 nitrogen and oxygen atoms in total. The van der Waals surface area contributed by atoms with Crippen LogP contribution in [0.4, 0.5) is 17.2 Å². The Kier molecular flexibility index (Phi) is 17.6. The molecular formula is C43H51Cl4N5O8S. The van der Waals surface area contributed by atoms with Crippen LogP contribution in [0.25, 0.3) is 5.69 Å². The van der Waals surface area contributed by atoms with E-state index in [0.29, 0.717) is 19.3 Å². The smallest absolute Gasteiger partial charge is 0.339 e. The summed E-state index contributed by atoms with van der Waals surface area (Å²) in [4.78, 5) is 53.5. The minimum Gasteiger partial charge on any atom is -0.369 e. The first-order chi connectivity index (χ1) is 29.1. The normalized spacial score (nSPS) is 15.3. The molecule has 1 aliphatic rings. The van der Waals surface area contributed by atoms with E-state index >= 15 is 0 Å². The Morgan fingerprint density at radius 1 is 0.852 bits per heavy atom. The molecule has 0 bridgehead atoms. The number of rotatable bonds is 24. The Hall–Kier alpha value is -4.08. The number of halogens is 4. The van der Waals surface area contributed by atoms with Crippen LogP contribution < -0.4 is 14.8 Å². The number of amides is 2. The van der Waals surface area contributed by atoms with E-state index in [4.69, 9.17) is 50.6 Å². The molecule has 1 aromatic heterocycles. The highest BCUT2D eigenvalue weighted by atomic mass is 35.5. The zero-order chi connectivity index (χ0) is 44.3. The zero-order valence-corrected chi connectivity index (χ0v) is 38.0. The second-order valence-electron chi connectivity index (χ2n) is 15.4. The van der Waals surface area contributed by atoms with Crippen LogP contribution in [0.1, 0.15) is 110 Å². The number of hydrogen-bond acceptors (Lipinski definition) is 9. The van der Waals surface area contributed by atoms with Gasteiger partial charge in [-0.05, 0) is 68.5 Å². The summed E-state index contributed by atoms with van der Waals surface area (Å²) in [5.74, 6) is -3.36. The summed E-state index contributed by atoms with van der Waals surface area (Å²) in [6.45, 7) is 4.10. The molecule has 0 spiro atoms. The standard InChI is InChI=1S/C43H51Cl4N5O8S/c1-3-4-5-6-7-8-9-10-11-12-14-17-30(21-20-29(2)44)35-28-38(53)51(42(35)54)50(32-18-15-13-16-19-32)41-40(60-61(58,59)34-24-22-33(23-25-34)52(56)57)43(55)49(48-41)39-36(46)26-31(45)27-37(39)47/h13,15-16,18-19,22-27,29-30,35,48H,3-12,14,17,20-21,28H2,1-2H3. The molecule has 2 heterocycles. The topological polar surface area (TPSA) is 165 Å². The highest BCUT2D eigenvalue weighted by molar-refractivity contribution is 7.87. The van der Waals surface area contributed by atoms with E-state index in [1.54, 1.807) is 30.3 Å². The van der Waals surface area contributed by atoms with Crippen molar-refractivity contribution in [3.63, 3.8) is 0 Å². The Labute approximate surface area is 376 Å². The molecule has 330 valence electrons. The lowest BCUT2D eigenvalue weighted by molar-refractivity contribution is -0.384. The van der Waals surface area contributed by atoms with Crippen molar-refractivity contribution in [3.8, 4) is 11.4 Å². The van der Waals surface area contributed by atoms with E-state index in [9.17, 15) is 32.9 Å². The number of carbonyl (C=O) groups excluding carboxylic acids is 2. The van der Waals surface area contributed by atoms with Gasteiger partial charge in [0.25, 0.3) is 17.3 Å². The number of benzene rings is 3. The summed E-state index contributed by atoms with van der Waals surface area (Å²) in [6, 6.07) is 14.6. The number of H-pyrrole nitrogens is 1. The van der Waals surface area contributed by atoms with E-state index in [-0.39, 0.29) is 49.8 Å². The summed E-state index contributed by atoms with van der Waals surface area (Å²) in [5.41, 5.74) is -1.43. The lowest BCUT2D eigenvalue weighted by atomic mass is 9.82. The third kappa shape index (κ3) is 12.3. The van der Waals surface area contributed by atoms with Gasteiger partial charge in [0.15, 0.2) is 5.82 Å². The molecule has 3 aromatic carbocycles. The fourth-order valence-corrected chi connectivity index (χ4v) is 9.67. The van der Waals surface area contributed by atoms with Crippen LogP contribution in [0.5, 0.6) is 5.75 Å². The van der Waals surface area contributed by atoms with Gasteiger partial charge in [-0.3, -0.25) is 29.6 Å². The summed E-state index contributed by atoms with van der Waals surface area (Å²) in [5, 5.41) is 15.9. The summed E-state index contributed by atoms with van der Waals surface area (Å²) < 4.78 is 34.1. The van der Waals surface area contributed by atoms with Crippen molar-refractivity contribution in [2.24, 2.45) is 11.8 Å². The largest absolute Gasteiger partial charge is 0.369 e. The maximum atomic E-state index is 14.8. The second-order valence-corrected chi connectivity index (χ2v) is 18.9. The highest BCUT2D eigenvalue weighted by Gasteiger charge is 2.47. The molecule has 1 N–H and O–H groups in total. The predicted molar refractivity (Wildman–Crippen MR) is 240 cm³/mol. The highest BCUT2D eigenvalue weighted by Crippen LogP contribution is 2.42. The van der Waals surface area contributed by atoms with E-state index in [2.05, 4.69) is 12.0 Å². The van der Waals surface area contributed by atoms with E-state index in [1.165, 1.54) is 57.1 Å². The van der Waals surface area contributed by atoms with Gasteiger partial charge in [0.1, 0.15) is 10.6 Å². The number of unbranched alkanes of at least 4 members (excludes halogenated alkanes) is 10. The molecule has 1 fully saturated rings. The van der Waals surface area contributed by atoms with Gasteiger partial charge in [0.2, 0.25) is 5.91 Å². The number of nitro benzene ring substituents is 1. The lowest BCUT2D eigenvalue weighted by Gasteiger charge is -2.32. The first-order valence-corrected chi connectivity index (χ1v) is 23.7. The Morgan fingerprint density at radius 3 is 1.98 bits per heavy atom. The lowest BCUT2D eigenvalue weighted by Crippen LogP contribution is -2.45. The van der Waals surface area contributed by atoms with Gasteiger partial charge < -0.3 is 4.18 Å². The Bertz CT molecular complexity index is 2280. The third-order valence-corrected chi connectivity index (χ3v) is 13.1. The molecule has 0 aliphatic carbocycles. The SMILES string of the molecule is CCCCCCCCCCCCCC(CCC(C)Cl)C1CC(=O)N(N(c2ccccc2)c2[nH]n(-c3c(Cl)cc(Cl)cc3Cl)c(=O)c2OS(=O)(=O)c2ccc([N+](=O)[O-])cc2)C1=O. The monoisotopic (exact) mass is 937 g/mol. The van der Waals surface area contributed by atoms with Gasteiger partial charge in [0.05, 0.1) is 26.6 Å². The molecule has 1 saturated heterocycles. The fraction of sp³-hybridized carbons (Fsp3) is 0.465. The molecule has 4 aromatic rings. The average molecular weight is 940 g/mol. The van der Waals surface area contributed by atoms with Gasteiger partial charge in [-0.2, -0.15) is 13.4 Å². The van der Waals surface area contributed by atoms with Crippen molar-refractivity contribution in [3.05, 3.63) is 102 Å². The number of aromatic nitrogens is 2. The number of non-ortho nitro benzene ring substituents is 1. The quantitative estimate of drug-likeness (QED) is 0.0180. The van der Waals surface area contributed by atoms with E-state index in [0.717, 1.165) is 64.6 Å². The number of nitro groups is 1. The number of anilines is 2. The van der Waals surface area contributed by atoms with Crippen LogP contribution in [-0.4, -0.2) is 45.3 Å². The van der Waals surface area contributed by atoms with E-state index in [1.807, 2.05) is 6.92 Å². The van der Waals surface area contributed by atoms with Gasteiger partial charge in [-0.25, -0.2) is 9.69 Å². The van der Waals surface area contributed by atoms with Crippen LogP contribution in [0.2, 0.25) is 15.1 Å². The van der Waals surface area contributed by atoms with Crippen molar-refractivity contribution in [1.29, 1.82) is 0 Å². The minimum atomic E-state index is -4.90. The number of nitrogens with zero attached hydrogens (tertiary/aromatic N) is 4. The van der Waals surface area contributed by atoms with Gasteiger partial charge in [-0.15, -0.1) is 11.6 Å². The average Bonchev–Trinajstić information content (AvgIpc) is 3.68. The van der Waals surface area contributed by atoms with Gasteiger partial charge in [-0.1, -0.05) is 131 Å². The minimum absolute atomic E-state index is 0.101. The van der Waals surface area contributed by atoms with Crippen LogP contribution in [0.15, 0.2) is 76.4 Å². The first-order valence-electron chi connectivity index (χ1n) is 20.7. The molecule has 3 atom stereocenters.